The Labute approximate surface area is 136 Å². The molecule has 0 radical (unpaired) electrons. The van der Waals surface area contributed by atoms with Gasteiger partial charge >= 0.3 is 5.69 Å². The molecule has 0 aliphatic heterocycles. The van der Waals surface area contributed by atoms with Gasteiger partial charge in [0.25, 0.3) is 5.56 Å². The standard InChI is InChI=1S/C16H16N6O2/c1-3-9-22-12-13(21(2)16(24)19-14(12)23)18-15(22)20-17-10-11-7-5-4-6-8-11/h3-8,10H,1,9H2,2H3,(H,18,20)(H,19,23,24)/b17-10+. The highest BCUT2D eigenvalue weighted by atomic mass is 16.2. The van der Waals surface area contributed by atoms with Gasteiger partial charge in [-0.15, -0.1) is 6.58 Å². The molecule has 1 aromatic carbocycles. The van der Waals surface area contributed by atoms with Crippen LogP contribution >= 0.6 is 0 Å². The van der Waals surface area contributed by atoms with Crippen molar-refractivity contribution in [2.45, 2.75) is 6.54 Å². The Morgan fingerprint density at radius 3 is 2.79 bits per heavy atom. The van der Waals surface area contributed by atoms with Gasteiger partial charge in [-0.05, 0) is 5.56 Å². The number of H-pyrrole nitrogens is 1. The third-order valence-electron chi connectivity index (χ3n) is 3.50. The quantitative estimate of drug-likeness (QED) is 0.416. The lowest BCUT2D eigenvalue weighted by atomic mass is 10.2. The summed E-state index contributed by atoms with van der Waals surface area (Å²) in [7, 11) is 1.54. The molecule has 0 saturated carbocycles. The molecule has 0 unspecified atom stereocenters. The fourth-order valence-electron chi connectivity index (χ4n) is 2.33. The first-order valence-electron chi connectivity index (χ1n) is 7.26. The third-order valence-corrected chi connectivity index (χ3v) is 3.50. The Bertz CT molecular complexity index is 1030. The molecule has 3 aromatic rings. The van der Waals surface area contributed by atoms with Gasteiger partial charge in [-0.2, -0.15) is 10.1 Å². The van der Waals surface area contributed by atoms with Crippen LogP contribution in [0.1, 0.15) is 5.56 Å². The zero-order valence-electron chi connectivity index (χ0n) is 13.1. The van der Waals surface area contributed by atoms with Crippen LogP contribution in [0.2, 0.25) is 0 Å². The van der Waals surface area contributed by atoms with E-state index in [1.165, 1.54) is 4.57 Å². The largest absolute Gasteiger partial charge is 0.329 e. The van der Waals surface area contributed by atoms with Crippen LogP contribution in [0, 0.1) is 0 Å². The number of aromatic nitrogens is 4. The second-order valence-electron chi connectivity index (χ2n) is 5.11. The van der Waals surface area contributed by atoms with Crippen LogP contribution < -0.4 is 16.7 Å². The second-order valence-corrected chi connectivity index (χ2v) is 5.11. The lowest BCUT2D eigenvalue weighted by Gasteiger charge is -2.04. The minimum Gasteiger partial charge on any atom is -0.299 e. The number of nitrogens with one attached hydrogen (secondary N) is 2. The van der Waals surface area contributed by atoms with Crippen molar-refractivity contribution in [3.05, 3.63) is 69.4 Å². The molecule has 2 aromatic heterocycles. The minimum atomic E-state index is -0.518. The fraction of sp³-hybridized carbons (Fsp3) is 0.125. The van der Waals surface area contributed by atoms with Gasteiger partial charge in [0.1, 0.15) is 0 Å². The molecule has 2 N–H and O–H groups in total. The van der Waals surface area contributed by atoms with Crippen LogP contribution in [-0.2, 0) is 13.6 Å². The van der Waals surface area contributed by atoms with E-state index >= 15 is 0 Å². The number of nitrogens with zero attached hydrogens (tertiary/aromatic N) is 4. The van der Waals surface area contributed by atoms with Crippen molar-refractivity contribution in [3.8, 4) is 0 Å². The third kappa shape index (κ3) is 2.76. The van der Waals surface area contributed by atoms with E-state index in [0.717, 1.165) is 5.56 Å². The number of rotatable bonds is 5. The van der Waals surface area contributed by atoms with Gasteiger partial charge in [-0.25, -0.2) is 10.2 Å². The normalized spacial score (nSPS) is 11.2. The van der Waals surface area contributed by atoms with Crippen LogP contribution in [0.4, 0.5) is 5.95 Å². The summed E-state index contributed by atoms with van der Waals surface area (Å²) in [5.74, 6) is 0.351. The van der Waals surface area contributed by atoms with Gasteiger partial charge < -0.3 is 0 Å². The molecular formula is C16H16N6O2. The van der Waals surface area contributed by atoms with E-state index in [4.69, 9.17) is 0 Å². The number of benzene rings is 1. The molecule has 122 valence electrons. The first-order chi connectivity index (χ1) is 11.6. The molecule has 24 heavy (non-hydrogen) atoms. The smallest absolute Gasteiger partial charge is 0.299 e. The van der Waals surface area contributed by atoms with Gasteiger partial charge in [0, 0.05) is 13.6 Å². The van der Waals surface area contributed by atoms with Crippen molar-refractivity contribution in [3.63, 3.8) is 0 Å². The molecule has 0 aliphatic rings. The van der Waals surface area contributed by atoms with Crippen LogP contribution in [0.25, 0.3) is 11.2 Å². The highest BCUT2D eigenvalue weighted by Gasteiger charge is 2.16. The molecule has 0 bridgehead atoms. The molecule has 0 amide bonds. The van der Waals surface area contributed by atoms with Gasteiger partial charge in [-0.3, -0.25) is 18.9 Å². The van der Waals surface area contributed by atoms with Crippen LogP contribution in [-0.4, -0.2) is 25.3 Å². The predicted molar refractivity (Wildman–Crippen MR) is 93.5 cm³/mol. The van der Waals surface area contributed by atoms with Gasteiger partial charge in [0.2, 0.25) is 5.95 Å². The first-order valence-corrected chi connectivity index (χ1v) is 7.26. The molecule has 2 heterocycles. The van der Waals surface area contributed by atoms with Crippen LogP contribution in [0.5, 0.6) is 0 Å². The van der Waals surface area contributed by atoms with Crippen molar-refractivity contribution in [1.29, 1.82) is 0 Å². The SMILES string of the molecule is C=CCn1c(N/N=C/c2ccccc2)nc2c1c(=O)[nH]c(=O)n2C. The van der Waals surface area contributed by atoms with E-state index in [1.54, 1.807) is 23.9 Å². The molecule has 0 atom stereocenters. The van der Waals surface area contributed by atoms with E-state index < -0.39 is 11.2 Å². The van der Waals surface area contributed by atoms with Crippen molar-refractivity contribution < 1.29 is 0 Å². The number of imidazole rings is 1. The van der Waals surface area contributed by atoms with E-state index in [-0.39, 0.29) is 11.2 Å². The van der Waals surface area contributed by atoms with E-state index in [1.807, 2.05) is 30.3 Å². The van der Waals surface area contributed by atoms with Gasteiger partial charge in [0.05, 0.1) is 6.21 Å². The zero-order chi connectivity index (χ0) is 17.1. The van der Waals surface area contributed by atoms with E-state index in [9.17, 15) is 9.59 Å². The lowest BCUT2D eigenvalue weighted by Crippen LogP contribution is -2.29. The van der Waals surface area contributed by atoms with Crippen LogP contribution in [0.15, 0.2) is 57.7 Å². The Morgan fingerprint density at radius 2 is 2.08 bits per heavy atom. The second kappa shape index (κ2) is 6.37. The number of fused-ring (bicyclic) bond motifs is 1. The Balaban J connectivity index is 2.05. The fourth-order valence-corrected chi connectivity index (χ4v) is 2.33. The summed E-state index contributed by atoms with van der Waals surface area (Å²) in [5.41, 5.74) is 3.28. The number of hydrogen-bond donors (Lipinski definition) is 2. The van der Waals surface area contributed by atoms with Crippen LogP contribution in [0.3, 0.4) is 0 Å². The maximum Gasteiger partial charge on any atom is 0.329 e. The number of hydrogen-bond acceptors (Lipinski definition) is 5. The summed E-state index contributed by atoms with van der Waals surface area (Å²) >= 11 is 0. The first kappa shape index (κ1) is 15.5. The number of hydrazone groups is 1. The number of allylic oxidation sites excluding steroid dienone is 1. The molecule has 3 rings (SSSR count). The zero-order valence-corrected chi connectivity index (χ0v) is 13.1. The predicted octanol–water partition coefficient (Wildman–Crippen LogP) is 1.06. The summed E-state index contributed by atoms with van der Waals surface area (Å²) in [6.07, 6.45) is 3.28. The maximum atomic E-state index is 12.1. The molecule has 8 nitrogen and oxygen atoms in total. The highest BCUT2D eigenvalue weighted by molar-refractivity contribution is 5.80. The number of aromatic amines is 1. The maximum absolute atomic E-state index is 12.1. The minimum absolute atomic E-state index is 0.281. The van der Waals surface area contributed by atoms with Gasteiger partial charge in [0.15, 0.2) is 11.2 Å². The molecule has 0 fully saturated rings. The van der Waals surface area contributed by atoms with Crippen molar-refractivity contribution >= 4 is 23.3 Å². The summed E-state index contributed by atoms with van der Waals surface area (Å²) in [4.78, 5) is 30.4. The number of anilines is 1. The number of aryl methyl sites for hydroxylation is 1. The summed E-state index contributed by atoms with van der Waals surface area (Å²) in [6.45, 7) is 4.03. The molecule has 0 aliphatic carbocycles. The lowest BCUT2D eigenvalue weighted by molar-refractivity contribution is 0.819. The highest BCUT2D eigenvalue weighted by Crippen LogP contribution is 2.15. The molecule has 0 spiro atoms. The van der Waals surface area contributed by atoms with E-state index in [2.05, 4.69) is 27.1 Å². The van der Waals surface area contributed by atoms with Crippen molar-refractivity contribution in [2.75, 3.05) is 5.43 Å². The van der Waals surface area contributed by atoms with Crippen molar-refractivity contribution in [2.24, 2.45) is 12.1 Å². The Morgan fingerprint density at radius 1 is 1.33 bits per heavy atom. The monoisotopic (exact) mass is 324 g/mol. The summed E-state index contributed by atoms with van der Waals surface area (Å²) < 4.78 is 2.89. The van der Waals surface area contributed by atoms with Crippen molar-refractivity contribution in [1.82, 2.24) is 19.1 Å². The summed E-state index contributed by atoms with van der Waals surface area (Å²) in [5, 5.41) is 4.14. The molecule has 0 saturated heterocycles. The Kier molecular flexibility index (Phi) is 4.11. The average Bonchev–Trinajstić information content (AvgIpc) is 2.93. The molecule has 8 heteroatoms. The molecular weight excluding hydrogens is 308 g/mol. The van der Waals surface area contributed by atoms with Gasteiger partial charge in [-0.1, -0.05) is 36.4 Å². The topological polar surface area (TPSA) is 97.1 Å². The van der Waals surface area contributed by atoms with E-state index in [0.29, 0.717) is 12.5 Å². The Hall–Kier alpha value is -3.42. The summed E-state index contributed by atoms with van der Waals surface area (Å²) in [6, 6.07) is 9.55. The average molecular weight is 324 g/mol.